The van der Waals surface area contributed by atoms with Crippen LogP contribution in [0.2, 0.25) is 0 Å². The number of fused-ring (bicyclic) bond motifs is 3. The van der Waals surface area contributed by atoms with Gasteiger partial charge in [0.05, 0.1) is 13.2 Å². The molecule has 4 aliphatic heterocycles. The Morgan fingerprint density at radius 3 is 2.55 bits per heavy atom. The van der Waals surface area contributed by atoms with E-state index < -0.39 is 0 Å². The highest BCUT2D eigenvalue weighted by Gasteiger charge is 2.40. The first-order chi connectivity index (χ1) is 15.2. The SMILES string of the molecule is C[C@H]1[C@H](NC(=O)c2ccc(Oc3cc(N4CCOCC4)ccn3)cc2)C2CCN1CC2. The van der Waals surface area contributed by atoms with E-state index in [0.717, 1.165) is 45.1 Å². The maximum atomic E-state index is 12.8. The number of piperidine rings is 3. The summed E-state index contributed by atoms with van der Waals surface area (Å²) in [5.74, 6) is 1.79. The van der Waals surface area contributed by atoms with Crippen LogP contribution in [0.15, 0.2) is 42.6 Å². The number of amides is 1. The Bertz CT molecular complexity index is 903. The lowest BCUT2D eigenvalue weighted by molar-refractivity contribution is 0.0217. The fourth-order valence-electron chi connectivity index (χ4n) is 5.05. The summed E-state index contributed by atoms with van der Waals surface area (Å²) < 4.78 is 11.4. The van der Waals surface area contributed by atoms with E-state index in [1.165, 1.54) is 12.8 Å². The number of anilines is 1. The zero-order valence-corrected chi connectivity index (χ0v) is 18.0. The molecule has 4 aliphatic rings. The predicted molar refractivity (Wildman–Crippen MR) is 119 cm³/mol. The van der Waals surface area contributed by atoms with Crippen LogP contribution in [-0.2, 0) is 4.74 Å². The van der Waals surface area contributed by atoms with Gasteiger partial charge in [-0.15, -0.1) is 0 Å². The van der Waals surface area contributed by atoms with Crippen LogP contribution in [0.5, 0.6) is 11.6 Å². The number of hydrogen-bond donors (Lipinski definition) is 1. The molecule has 1 aromatic carbocycles. The molecule has 0 radical (unpaired) electrons. The van der Waals surface area contributed by atoms with Crippen molar-refractivity contribution in [1.29, 1.82) is 0 Å². The molecule has 0 unspecified atom stereocenters. The lowest BCUT2D eigenvalue weighted by atomic mass is 9.79. The third-order valence-electron chi connectivity index (χ3n) is 6.91. The van der Waals surface area contributed by atoms with Crippen molar-refractivity contribution >= 4 is 11.6 Å². The average Bonchev–Trinajstić information content (AvgIpc) is 2.83. The lowest BCUT2D eigenvalue weighted by Crippen LogP contribution is -2.62. The highest BCUT2D eigenvalue weighted by Crippen LogP contribution is 2.32. The number of ether oxygens (including phenoxy) is 2. The Kier molecular flexibility index (Phi) is 5.78. The predicted octanol–water partition coefficient (Wildman–Crippen LogP) is 2.92. The standard InChI is InChI=1S/C24H30N4O3/c1-17-23(18-7-10-27(17)11-8-18)26-24(29)19-2-4-21(5-3-19)31-22-16-20(6-9-25-22)28-12-14-30-15-13-28/h2-6,9,16-18,23H,7-8,10-15H2,1H3,(H,26,29)/t17-,23-/m0/s1. The molecule has 4 fully saturated rings. The van der Waals surface area contributed by atoms with Gasteiger partial charge in [0.25, 0.3) is 5.91 Å². The monoisotopic (exact) mass is 422 g/mol. The first kappa shape index (κ1) is 20.3. The van der Waals surface area contributed by atoms with Crippen molar-refractivity contribution < 1.29 is 14.3 Å². The maximum Gasteiger partial charge on any atom is 0.251 e. The van der Waals surface area contributed by atoms with Gasteiger partial charge in [-0.05, 0) is 69.1 Å². The van der Waals surface area contributed by atoms with Crippen LogP contribution in [0.4, 0.5) is 5.69 Å². The first-order valence-corrected chi connectivity index (χ1v) is 11.3. The normalized spacial score (nSPS) is 27.7. The minimum absolute atomic E-state index is 0.00964. The van der Waals surface area contributed by atoms with Crippen molar-refractivity contribution in [2.75, 3.05) is 44.3 Å². The molecule has 1 N–H and O–H groups in total. The zero-order valence-electron chi connectivity index (χ0n) is 18.0. The van der Waals surface area contributed by atoms with Gasteiger partial charge in [0, 0.05) is 48.7 Å². The van der Waals surface area contributed by atoms with Crippen LogP contribution in [0.1, 0.15) is 30.1 Å². The quantitative estimate of drug-likeness (QED) is 0.799. The molecule has 4 saturated heterocycles. The molecule has 1 aromatic heterocycles. The molecule has 0 saturated carbocycles. The Labute approximate surface area is 183 Å². The summed E-state index contributed by atoms with van der Waals surface area (Å²) >= 11 is 0. The van der Waals surface area contributed by atoms with Gasteiger partial charge in [-0.25, -0.2) is 4.98 Å². The van der Waals surface area contributed by atoms with Crippen molar-refractivity contribution in [3.63, 3.8) is 0 Å². The summed E-state index contributed by atoms with van der Waals surface area (Å²) in [7, 11) is 0. The average molecular weight is 423 g/mol. The third-order valence-corrected chi connectivity index (χ3v) is 6.91. The third kappa shape index (κ3) is 4.38. The molecular weight excluding hydrogens is 392 g/mol. The van der Waals surface area contributed by atoms with E-state index in [-0.39, 0.29) is 11.9 Å². The topological polar surface area (TPSA) is 66.9 Å². The van der Waals surface area contributed by atoms with E-state index in [2.05, 4.69) is 27.0 Å². The van der Waals surface area contributed by atoms with Gasteiger partial charge in [0.2, 0.25) is 5.88 Å². The molecule has 31 heavy (non-hydrogen) atoms. The van der Waals surface area contributed by atoms with E-state index in [9.17, 15) is 4.79 Å². The zero-order chi connectivity index (χ0) is 21.2. The number of carbonyl (C=O) groups is 1. The smallest absolute Gasteiger partial charge is 0.251 e. The number of hydrogen-bond acceptors (Lipinski definition) is 6. The number of nitrogens with one attached hydrogen (secondary N) is 1. The summed E-state index contributed by atoms with van der Waals surface area (Å²) in [6, 6.07) is 11.9. The molecule has 7 nitrogen and oxygen atoms in total. The summed E-state index contributed by atoms with van der Waals surface area (Å²) in [5, 5.41) is 3.28. The van der Waals surface area contributed by atoms with Crippen LogP contribution >= 0.6 is 0 Å². The van der Waals surface area contributed by atoms with Gasteiger partial charge in [-0.3, -0.25) is 9.69 Å². The van der Waals surface area contributed by atoms with Crippen LogP contribution in [-0.4, -0.2) is 67.3 Å². The van der Waals surface area contributed by atoms with Crippen molar-refractivity contribution in [2.24, 2.45) is 5.92 Å². The van der Waals surface area contributed by atoms with Gasteiger partial charge >= 0.3 is 0 Å². The van der Waals surface area contributed by atoms with E-state index in [1.807, 2.05) is 36.4 Å². The fraction of sp³-hybridized carbons (Fsp3) is 0.500. The summed E-state index contributed by atoms with van der Waals surface area (Å²) in [6.07, 6.45) is 4.12. The molecular formula is C24H30N4O3. The van der Waals surface area contributed by atoms with E-state index in [0.29, 0.717) is 29.2 Å². The Morgan fingerprint density at radius 2 is 1.84 bits per heavy atom. The van der Waals surface area contributed by atoms with Crippen LogP contribution < -0.4 is 15.0 Å². The minimum atomic E-state index is -0.00964. The number of nitrogens with zero attached hydrogens (tertiary/aromatic N) is 3. The first-order valence-electron chi connectivity index (χ1n) is 11.3. The van der Waals surface area contributed by atoms with E-state index in [4.69, 9.17) is 9.47 Å². The van der Waals surface area contributed by atoms with E-state index in [1.54, 1.807) is 6.20 Å². The molecule has 7 heteroatoms. The van der Waals surface area contributed by atoms with Gasteiger partial charge in [-0.1, -0.05) is 0 Å². The number of aromatic nitrogens is 1. The Balaban J connectivity index is 1.22. The van der Waals surface area contributed by atoms with Crippen molar-refractivity contribution in [2.45, 2.75) is 31.8 Å². The number of carbonyl (C=O) groups excluding carboxylic acids is 1. The fourth-order valence-corrected chi connectivity index (χ4v) is 5.05. The molecule has 0 aliphatic carbocycles. The second-order valence-electron chi connectivity index (χ2n) is 8.69. The Morgan fingerprint density at radius 1 is 1.10 bits per heavy atom. The van der Waals surface area contributed by atoms with Crippen molar-refractivity contribution in [3.8, 4) is 11.6 Å². The molecule has 2 atom stereocenters. The second-order valence-corrected chi connectivity index (χ2v) is 8.69. The van der Waals surface area contributed by atoms with Crippen molar-refractivity contribution in [1.82, 2.24) is 15.2 Å². The lowest BCUT2D eigenvalue weighted by Gasteiger charge is -2.49. The summed E-state index contributed by atoms with van der Waals surface area (Å²) in [6.45, 7) is 7.75. The number of morpholine rings is 1. The van der Waals surface area contributed by atoms with Gasteiger partial charge < -0.3 is 19.7 Å². The highest BCUT2D eigenvalue weighted by molar-refractivity contribution is 5.94. The van der Waals surface area contributed by atoms with Crippen LogP contribution in [0, 0.1) is 5.92 Å². The molecule has 2 bridgehead atoms. The Hall–Kier alpha value is -2.64. The van der Waals surface area contributed by atoms with Crippen LogP contribution in [0.25, 0.3) is 0 Å². The number of rotatable bonds is 5. The molecule has 2 aromatic rings. The molecule has 1 amide bonds. The highest BCUT2D eigenvalue weighted by atomic mass is 16.5. The molecule has 6 rings (SSSR count). The maximum absolute atomic E-state index is 12.8. The summed E-state index contributed by atoms with van der Waals surface area (Å²) in [5.41, 5.74) is 1.74. The molecule has 0 spiro atoms. The van der Waals surface area contributed by atoms with Gasteiger partial charge in [0.1, 0.15) is 5.75 Å². The molecule has 5 heterocycles. The van der Waals surface area contributed by atoms with Crippen molar-refractivity contribution in [3.05, 3.63) is 48.2 Å². The number of pyridine rings is 1. The molecule has 164 valence electrons. The largest absolute Gasteiger partial charge is 0.439 e. The summed E-state index contributed by atoms with van der Waals surface area (Å²) in [4.78, 5) is 21.9. The number of benzene rings is 1. The minimum Gasteiger partial charge on any atom is -0.439 e. The van der Waals surface area contributed by atoms with Gasteiger partial charge in [0.15, 0.2) is 0 Å². The van der Waals surface area contributed by atoms with Gasteiger partial charge in [-0.2, -0.15) is 0 Å². The van der Waals surface area contributed by atoms with E-state index >= 15 is 0 Å². The second kappa shape index (κ2) is 8.85. The van der Waals surface area contributed by atoms with Crippen LogP contribution in [0.3, 0.4) is 0 Å².